The third-order valence-electron chi connectivity index (χ3n) is 3.70. The fourth-order valence-corrected chi connectivity index (χ4v) is 2.51. The summed E-state index contributed by atoms with van der Waals surface area (Å²) in [5.41, 5.74) is 4.19. The van der Waals surface area contributed by atoms with Crippen molar-refractivity contribution in [3.63, 3.8) is 0 Å². The van der Waals surface area contributed by atoms with Gasteiger partial charge in [-0.1, -0.05) is 0 Å². The zero-order chi connectivity index (χ0) is 17.2. The normalized spacial score (nSPS) is 16.4. The molecule has 0 unspecified atom stereocenters. The van der Waals surface area contributed by atoms with Crippen LogP contribution in [0.15, 0.2) is 11.0 Å². The number of rotatable bonds is 2. The number of carbonyl (C=O) groups is 1. The van der Waals surface area contributed by atoms with Crippen LogP contribution in [-0.2, 0) is 11.3 Å². The summed E-state index contributed by atoms with van der Waals surface area (Å²) in [6, 6.07) is 0. The number of aromatic nitrogens is 2. The van der Waals surface area contributed by atoms with Crippen molar-refractivity contribution in [1.82, 2.24) is 14.5 Å². The lowest BCUT2D eigenvalue weighted by atomic mass is 9.97. The van der Waals surface area contributed by atoms with Gasteiger partial charge in [0.2, 0.25) is 0 Å². The summed E-state index contributed by atoms with van der Waals surface area (Å²) in [5.74, 6) is -0.905. The van der Waals surface area contributed by atoms with E-state index in [1.54, 1.807) is 4.90 Å². The fraction of sp³-hybridized carbons (Fsp3) is 0.667. The van der Waals surface area contributed by atoms with E-state index in [1.807, 2.05) is 20.8 Å². The number of carbonyl (C=O) groups excluding carboxylic acids is 1. The molecule has 128 valence electrons. The lowest BCUT2D eigenvalue weighted by molar-refractivity contribution is 0.0177. The van der Waals surface area contributed by atoms with Gasteiger partial charge in [-0.25, -0.2) is 14.0 Å². The molecular weight excluding hydrogens is 303 g/mol. The molecule has 0 radical (unpaired) electrons. The number of nitrogens with two attached hydrogens (primary N) is 1. The number of ether oxygens (including phenoxy) is 1. The van der Waals surface area contributed by atoms with Gasteiger partial charge in [0, 0.05) is 25.8 Å². The zero-order valence-corrected chi connectivity index (χ0v) is 13.7. The highest BCUT2D eigenvalue weighted by Gasteiger charge is 2.27. The number of piperidine rings is 1. The van der Waals surface area contributed by atoms with Crippen LogP contribution in [0.25, 0.3) is 0 Å². The van der Waals surface area contributed by atoms with Crippen molar-refractivity contribution in [3.05, 3.63) is 22.5 Å². The molecule has 0 aromatic carbocycles. The molecule has 0 saturated carbocycles. The molecule has 8 heteroatoms. The van der Waals surface area contributed by atoms with E-state index >= 15 is 0 Å². The highest BCUT2D eigenvalue weighted by molar-refractivity contribution is 5.68. The molecule has 2 heterocycles. The number of nitrogen functional groups attached to an aromatic ring is 1. The summed E-state index contributed by atoms with van der Waals surface area (Å²) >= 11 is 0. The summed E-state index contributed by atoms with van der Waals surface area (Å²) in [5, 5.41) is 0. The van der Waals surface area contributed by atoms with Gasteiger partial charge in [-0.05, 0) is 39.5 Å². The van der Waals surface area contributed by atoms with Crippen LogP contribution >= 0.6 is 0 Å². The van der Waals surface area contributed by atoms with E-state index in [0.717, 1.165) is 19.0 Å². The maximum atomic E-state index is 13.4. The molecule has 1 aromatic rings. The lowest BCUT2D eigenvalue weighted by Crippen LogP contribution is -2.42. The molecule has 1 fully saturated rings. The summed E-state index contributed by atoms with van der Waals surface area (Å²) in [6.45, 7) is 6.95. The number of amides is 1. The molecule has 7 nitrogen and oxygen atoms in total. The quantitative estimate of drug-likeness (QED) is 0.891. The average Bonchev–Trinajstić information content (AvgIpc) is 2.43. The van der Waals surface area contributed by atoms with E-state index in [9.17, 15) is 14.0 Å². The Morgan fingerprint density at radius 2 is 2.04 bits per heavy atom. The second kappa shape index (κ2) is 6.55. The van der Waals surface area contributed by atoms with E-state index in [-0.39, 0.29) is 17.8 Å². The van der Waals surface area contributed by atoms with Gasteiger partial charge < -0.3 is 15.4 Å². The molecule has 23 heavy (non-hydrogen) atoms. The average molecular weight is 326 g/mol. The number of likely N-dealkylation sites (tertiary alicyclic amines) is 1. The largest absolute Gasteiger partial charge is 0.444 e. The van der Waals surface area contributed by atoms with Gasteiger partial charge in [-0.2, -0.15) is 4.98 Å². The minimum absolute atomic E-state index is 0.177. The van der Waals surface area contributed by atoms with E-state index in [0.29, 0.717) is 19.6 Å². The summed E-state index contributed by atoms with van der Waals surface area (Å²) in [4.78, 5) is 28.8. The standard InChI is InChI=1S/C15H23FN4O3/c1-15(2,3)23-14(22)19-6-4-10(5-7-19)8-20-9-11(16)12(17)18-13(20)21/h9-10H,4-8H2,1-3H3,(H2,17,18,21). The van der Waals surface area contributed by atoms with Gasteiger partial charge >= 0.3 is 11.8 Å². The molecule has 2 N–H and O–H groups in total. The van der Waals surface area contributed by atoms with Crippen LogP contribution in [0.1, 0.15) is 33.6 Å². The minimum Gasteiger partial charge on any atom is -0.444 e. The first-order valence-electron chi connectivity index (χ1n) is 7.66. The Morgan fingerprint density at radius 3 is 2.61 bits per heavy atom. The van der Waals surface area contributed by atoms with Crippen LogP contribution in [0.2, 0.25) is 0 Å². The second-order valence-electron chi connectivity index (χ2n) is 6.82. The van der Waals surface area contributed by atoms with E-state index in [4.69, 9.17) is 10.5 Å². The minimum atomic E-state index is -0.698. The molecular formula is C15H23FN4O3. The van der Waals surface area contributed by atoms with Crippen molar-refractivity contribution in [1.29, 1.82) is 0 Å². The highest BCUT2D eigenvalue weighted by Crippen LogP contribution is 2.21. The van der Waals surface area contributed by atoms with Crippen LogP contribution in [0.3, 0.4) is 0 Å². The zero-order valence-electron chi connectivity index (χ0n) is 13.7. The van der Waals surface area contributed by atoms with Crippen molar-refractivity contribution < 1.29 is 13.9 Å². The number of hydrogen-bond donors (Lipinski definition) is 1. The van der Waals surface area contributed by atoms with E-state index in [2.05, 4.69) is 4.98 Å². The number of anilines is 1. The lowest BCUT2D eigenvalue weighted by Gasteiger charge is -2.33. The van der Waals surface area contributed by atoms with Gasteiger partial charge in [0.1, 0.15) is 5.60 Å². The molecule has 0 spiro atoms. The predicted molar refractivity (Wildman–Crippen MR) is 83.4 cm³/mol. The van der Waals surface area contributed by atoms with Gasteiger partial charge in [-0.15, -0.1) is 0 Å². The van der Waals surface area contributed by atoms with Gasteiger partial charge in [0.05, 0.1) is 0 Å². The third-order valence-corrected chi connectivity index (χ3v) is 3.70. The Balaban J connectivity index is 1.92. The Bertz CT molecular complexity index is 631. The SMILES string of the molecule is CC(C)(C)OC(=O)N1CCC(Cn2cc(F)c(N)nc2=O)CC1. The molecule has 2 rings (SSSR count). The first-order valence-corrected chi connectivity index (χ1v) is 7.66. The van der Waals surface area contributed by atoms with Crippen LogP contribution in [0.4, 0.5) is 15.0 Å². The van der Waals surface area contributed by atoms with Crippen LogP contribution in [0.5, 0.6) is 0 Å². The molecule has 1 aliphatic heterocycles. The first-order chi connectivity index (χ1) is 10.7. The third kappa shape index (κ3) is 4.67. The Kier molecular flexibility index (Phi) is 4.91. The van der Waals surface area contributed by atoms with Crippen LogP contribution < -0.4 is 11.4 Å². The Hall–Kier alpha value is -2.12. The van der Waals surface area contributed by atoms with E-state index in [1.165, 1.54) is 4.57 Å². The summed E-state index contributed by atoms with van der Waals surface area (Å²) in [6.07, 6.45) is 2.20. The Labute approximate surface area is 134 Å². The molecule has 1 amide bonds. The molecule has 0 bridgehead atoms. The smallest absolute Gasteiger partial charge is 0.410 e. The van der Waals surface area contributed by atoms with Crippen LogP contribution in [-0.4, -0.2) is 39.2 Å². The van der Waals surface area contributed by atoms with Crippen molar-refractivity contribution in [2.75, 3.05) is 18.8 Å². The molecule has 0 atom stereocenters. The molecule has 1 saturated heterocycles. The first kappa shape index (κ1) is 17.2. The second-order valence-corrected chi connectivity index (χ2v) is 6.82. The summed E-state index contributed by atoms with van der Waals surface area (Å²) in [7, 11) is 0. The maximum absolute atomic E-state index is 13.4. The topological polar surface area (TPSA) is 90.4 Å². The van der Waals surface area contributed by atoms with Crippen molar-refractivity contribution >= 4 is 11.9 Å². The van der Waals surface area contributed by atoms with Crippen LogP contribution in [0, 0.1) is 11.7 Å². The molecule has 1 aliphatic rings. The predicted octanol–water partition coefficient (Wildman–Crippen LogP) is 1.61. The fourth-order valence-electron chi connectivity index (χ4n) is 2.51. The monoisotopic (exact) mass is 326 g/mol. The van der Waals surface area contributed by atoms with Crippen molar-refractivity contribution in [2.24, 2.45) is 5.92 Å². The number of nitrogens with zero attached hydrogens (tertiary/aromatic N) is 3. The number of hydrogen-bond acceptors (Lipinski definition) is 5. The van der Waals surface area contributed by atoms with Gasteiger partial charge in [0.15, 0.2) is 11.6 Å². The highest BCUT2D eigenvalue weighted by atomic mass is 19.1. The summed E-state index contributed by atoms with van der Waals surface area (Å²) < 4.78 is 20.0. The van der Waals surface area contributed by atoms with Crippen molar-refractivity contribution in [3.8, 4) is 0 Å². The molecule has 0 aliphatic carbocycles. The maximum Gasteiger partial charge on any atom is 0.410 e. The van der Waals surface area contributed by atoms with Gasteiger partial charge in [0.25, 0.3) is 0 Å². The Morgan fingerprint density at radius 1 is 1.43 bits per heavy atom. The number of halogens is 1. The van der Waals surface area contributed by atoms with E-state index < -0.39 is 17.1 Å². The van der Waals surface area contributed by atoms with Gasteiger partial charge in [-0.3, -0.25) is 4.57 Å². The van der Waals surface area contributed by atoms with Crippen molar-refractivity contribution in [2.45, 2.75) is 45.8 Å². The molecule has 1 aromatic heterocycles.